The number of alkyl halides is 3. The minimum Gasteiger partial charge on any atom is -0.294 e. The Balaban J connectivity index is 1.94. The van der Waals surface area contributed by atoms with Gasteiger partial charge in [0.25, 0.3) is 0 Å². The van der Waals surface area contributed by atoms with E-state index in [0.29, 0.717) is 5.56 Å². The van der Waals surface area contributed by atoms with Crippen molar-refractivity contribution in [3.05, 3.63) is 58.8 Å². The Hall–Kier alpha value is -2.48. The van der Waals surface area contributed by atoms with E-state index in [4.69, 9.17) is 11.6 Å². The van der Waals surface area contributed by atoms with Crippen molar-refractivity contribution < 1.29 is 18.0 Å². The van der Waals surface area contributed by atoms with Crippen LogP contribution in [0.25, 0.3) is 5.65 Å². The minimum atomic E-state index is -4.54. The predicted octanol–water partition coefficient (Wildman–Crippen LogP) is 3.22. The molecular formula is C14H8ClF3N4O. The SMILES string of the molecule is O=C(Cc1nc2cc(C(F)(F)F)cc(Cl)n2n1)c1cccnc1. The lowest BCUT2D eigenvalue weighted by molar-refractivity contribution is -0.137. The van der Waals surface area contributed by atoms with Gasteiger partial charge in [-0.15, -0.1) is 5.10 Å². The van der Waals surface area contributed by atoms with Gasteiger partial charge in [0.2, 0.25) is 0 Å². The molecule has 0 fully saturated rings. The van der Waals surface area contributed by atoms with E-state index in [1.807, 2.05) is 0 Å². The van der Waals surface area contributed by atoms with Gasteiger partial charge in [-0.25, -0.2) is 9.50 Å². The van der Waals surface area contributed by atoms with Gasteiger partial charge in [-0.2, -0.15) is 13.2 Å². The lowest BCUT2D eigenvalue weighted by atomic mass is 10.1. The van der Waals surface area contributed by atoms with Crippen LogP contribution in [0.3, 0.4) is 0 Å². The van der Waals surface area contributed by atoms with Crippen molar-refractivity contribution in [1.82, 2.24) is 19.6 Å². The molecule has 0 aliphatic rings. The molecule has 0 radical (unpaired) electrons. The smallest absolute Gasteiger partial charge is 0.294 e. The van der Waals surface area contributed by atoms with Crippen LogP contribution in [-0.4, -0.2) is 25.4 Å². The van der Waals surface area contributed by atoms with Crippen molar-refractivity contribution in [2.45, 2.75) is 12.6 Å². The van der Waals surface area contributed by atoms with Crippen LogP contribution in [0.15, 0.2) is 36.7 Å². The van der Waals surface area contributed by atoms with E-state index in [9.17, 15) is 18.0 Å². The van der Waals surface area contributed by atoms with Gasteiger partial charge in [0, 0.05) is 18.0 Å². The summed E-state index contributed by atoms with van der Waals surface area (Å²) < 4.78 is 39.3. The number of halogens is 4. The third-order valence-electron chi connectivity index (χ3n) is 3.07. The van der Waals surface area contributed by atoms with Gasteiger partial charge in [0.15, 0.2) is 17.3 Å². The molecule has 23 heavy (non-hydrogen) atoms. The average Bonchev–Trinajstić information content (AvgIpc) is 2.90. The van der Waals surface area contributed by atoms with E-state index in [1.54, 1.807) is 12.1 Å². The maximum Gasteiger partial charge on any atom is 0.416 e. The monoisotopic (exact) mass is 340 g/mol. The van der Waals surface area contributed by atoms with Crippen LogP contribution in [0.5, 0.6) is 0 Å². The van der Waals surface area contributed by atoms with Crippen LogP contribution >= 0.6 is 11.6 Å². The Morgan fingerprint density at radius 1 is 1.30 bits per heavy atom. The van der Waals surface area contributed by atoms with Gasteiger partial charge < -0.3 is 0 Å². The highest BCUT2D eigenvalue weighted by molar-refractivity contribution is 6.29. The zero-order valence-corrected chi connectivity index (χ0v) is 12.1. The van der Waals surface area contributed by atoms with E-state index in [2.05, 4.69) is 15.1 Å². The molecule has 5 nitrogen and oxygen atoms in total. The number of ketones is 1. The van der Waals surface area contributed by atoms with Gasteiger partial charge in [0.1, 0.15) is 5.15 Å². The second kappa shape index (κ2) is 5.62. The summed E-state index contributed by atoms with van der Waals surface area (Å²) in [6.07, 6.45) is -1.78. The standard InChI is InChI=1S/C14H8ClF3N4O/c15-11-4-9(14(16,17)18)5-13-20-12(21-22(11)13)6-10(23)8-2-1-3-19-7-8/h1-5,7H,6H2. The van der Waals surface area contributed by atoms with Crippen LogP contribution in [-0.2, 0) is 12.6 Å². The molecule has 0 aromatic carbocycles. The number of hydrogen-bond acceptors (Lipinski definition) is 4. The summed E-state index contributed by atoms with van der Waals surface area (Å²) in [6, 6.07) is 4.78. The van der Waals surface area contributed by atoms with E-state index in [1.165, 1.54) is 12.4 Å². The zero-order valence-electron chi connectivity index (χ0n) is 11.4. The Bertz CT molecular complexity index is 877. The average molecular weight is 341 g/mol. The summed E-state index contributed by atoms with van der Waals surface area (Å²) in [5.41, 5.74) is -0.625. The number of fused-ring (bicyclic) bond motifs is 1. The van der Waals surface area contributed by atoms with Crippen molar-refractivity contribution in [3.8, 4) is 0 Å². The fourth-order valence-corrected chi connectivity index (χ4v) is 2.24. The number of nitrogens with zero attached hydrogens (tertiary/aromatic N) is 4. The summed E-state index contributed by atoms with van der Waals surface area (Å²) in [4.78, 5) is 19.8. The number of pyridine rings is 2. The van der Waals surface area contributed by atoms with Crippen molar-refractivity contribution in [2.24, 2.45) is 0 Å². The molecule has 3 aromatic heterocycles. The molecule has 0 aliphatic heterocycles. The summed E-state index contributed by atoms with van der Waals surface area (Å²) >= 11 is 5.80. The van der Waals surface area contributed by atoms with Crippen LogP contribution in [0.4, 0.5) is 13.2 Å². The van der Waals surface area contributed by atoms with Crippen LogP contribution in [0.1, 0.15) is 21.7 Å². The molecule has 0 bridgehead atoms. The Labute approximate surface area is 132 Å². The maximum atomic E-state index is 12.8. The van der Waals surface area contributed by atoms with E-state index < -0.39 is 11.7 Å². The van der Waals surface area contributed by atoms with E-state index in [0.717, 1.165) is 16.6 Å². The first-order chi connectivity index (χ1) is 10.8. The molecule has 0 saturated heterocycles. The fraction of sp³-hybridized carbons (Fsp3) is 0.143. The molecule has 0 spiro atoms. The van der Waals surface area contributed by atoms with Gasteiger partial charge >= 0.3 is 6.18 Å². The maximum absolute atomic E-state index is 12.8. The molecule has 0 unspecified atom stereocenters. The predicted molar refractivity (Wildman–Crippen MR) is 75.3 cm³/mol. The second-order valence-electron chi connectivity index (χ2n) is 4.70. The summed E-state index contributed by atoms with van der Waals surface area (Å²) in [5, 5.41) is 3.73. The minimum absolute atomic E-state index is 0.0705. The molecule has 0 saturated carbocycles. The van der Waals surface area contributed by atoms with E-state index >= 15 is 0 Å². The highest BCUT2D eigenvalue weighted by Gasteiger charge is 2.32. The van der Waals surface area contributed by atoms with Gasteiger partial charge in [-0.05, 0) is 24.3 Å². The number of hydrogen-bond donors (Lipinski definition) is 0. The van der Waals surface area contributed by atoms with Crippen LogP contribution in [0, 0.1) is 0 Å². The third-order valence-corrected chi connectivity index (χ3v) is 3.34. The lowest BCUT2D eigenvalue weighted by Crippen LogP contribution is -2.06. The van der Waals surface area contributed by atoms with Crippen LogP contribution < -0.4 is 0 Å². The first-order valence-electron chi connectivity index (χ1n) is 6.40. The summed E-state index contributed by atoms with van der Waals surface area (Å²) in [7, 11) is 0. The molecule has 0 amide bonds. The van der Waals surface area contributed by atoms with E-state index in [-0.39, 0.29) is 28.8 Å². The lowest BCUT2D eigenvalue weighted by Gasteiger charge is -2.06. The van der Waals surface area contributed by atoms with Crippen molar-refractivity contribution in [3.63, 3.8) is 0 Å². The Kier molecular flexibility index (Phi) is 3.77. The normalized spacial score (nSPS) is 11.8. The number of carbonyl (C=O) groups excluding carboxylic acids is 1. The van der Waals surface area contributed by atoms with Crippen molar-refractivity contribution in [1.29, 1.82) is 0 Å². The first-order valence-corrected chi connectivity index (χ1v) is 6.78. The Morgan fingerprint density at radius 3 is 2.74 bits per heavy atom. The molecule has 3 aromatic rings. The topological polar surface area (TPSA) is 60.2 Å². The van der Waals surface area contributed by atoms with Crippen molar-refractivity contribution in [2.75, 3.05) is 0 Å². The summed E-state index contributed by atoms with van der Waals surface area (Å²) in [5.74, 6) is -0.207. The number of carbonyl (C=O) groups is 1. The molecule has 0 aliphatic carbocycles. The quantitative estimate of drug-likeness (QED) is 0.542. The molecular weight excluding hydrogens is 333 g/mol. The van der Waals surface area contributed by atoms with Gasteiger partial charge in [0.05, 0.1) is 12.0 Å². The number of rotatable bonds is 3. The zero-order chi connectivity index (χ0) is 16.6. The molecule has 3 heterocycles. The van der Waals surface area contributed by atoms with Gasteiger partial charge in [-0.3, -0.25) is 9.78 Å². The number of aromatic nitrogens is 4. The Morgan fingerprint density at radius 2 is 2.09 bits per heavy atom. The van der Waals surface area contributed by atoms with Crippen LogP contribution in [0.2, 0.25) is 5.15 Å². The largest absolute Gasteiger partial charge is 0.416 e. The fourth-order valence-electron chi connectivity index (χ4n) is 2.00. The number of Topliss-reactive ketones (excluding diaryl/α,β-unsaturated/α-hetero) is 1. The van der Waals surface area contributed by atoms with Crippen molar-refractivity contribution >= 4 is 23.0 Å². The van der Waals surface area contributed by atoms with Gasteiger partial charge in [-0.1, -0.05) is 11.6 Å². The molecule has 0 N–H and O–H groups in total. The highest BCUT2D eigenvalue weighted by Crippen LogP contribution is 2.31. The molecule has 118 valence electrons. The first kappa shape index (κ1) is 15.4. The molecule has 0 atom stereocenters. The molecule has 9 heteroatoms. The molecule has 3 rings (SSSR count). The third kappa shape index (κ3) is 3.16. The summed E-state index contributed by atoms with van der Waals surface area (Å²) in [6.45, 7) is 0. The second-order valence-corrected chi connectivity index (χ2v) is 5.09. The highest BCUT2D eigenvalue weighted by atomic mass is 35.5.